The van der Waals surface area contributed by atoms with Gasteiger partial charge in [-0.2, -0.15) is 0 Å². The number of amides is 1. The quantitative estimate of drug-likeness (QED) is 0.193. The number of carboxylic acids is 1. The summed E-state index contributed by atoms with van der Waals surface area (Å²) in [6.07, 6.45) is -0.0954. The van der Waals surface area contributed by atoms with Gasteiger partial charge in [0, 0.05) is 17.5 Å². The molecule has 3 aromatic rings. The standard InChI is InChI=1S/C26H20Cl2NO7P/c1-15(30)18-5-2-4-16(10-18)13-23(26(33)34)29-25(32)24-21(27)11-17(12-22(24)28)8-9-37(35,36)20-7-3-6-19(31)14-20/h2-7,10-12,14,23,31H,13H2,1H3,(H,29,32)(H,33,34)(H,35,36)/t23-/m0/s1. The number of rotatable bonds is 7. The summed E-state index contributed by atoms with van der Waals surface area (Å²) >= 11 is 12.5. The minimum atomic E-state index is -4.14. The molecule has 0 aliphatic carbocycles. The number of carbonyl (C=O) groups is 3. The van der Waals surface area contributed by atoms with Gasteiger partial charge in [0.25, 0.3) is 5.91 Å². The number of hydrogen-bond donors (Lipinski definition) is 4. The van der Waals surface area contributed by atoms with E-state index in [1.807, 2.05) is 0 Å². The Kier molecular flexibility index (Phi) is 8.80. The molecule has 190 valence electrons. The van der Waals surface area contributed by atoms with Crippen molar-refractivity contribution in [1.82, 2.24) is 5.32 Å². The van der Waals surface area contributed by atoms with Gasteiger partial charge in [-0.25, -0.2) is 4.79 Å². The number of aromatic hydroxyl groups is 1. The van der Waals surface area contributed by atoms with Gasteiger partial charge in [0.15, 0.2) is 5.78 Å². The van der Waals surface area contributed by atoms with E-state index in [-0.39, 0.29) is 44.4 Å². The highest BCUT2D eigenvalue weighted by Gasteiger charge is 2.25. The van der Waals surface area contributed by atoms with Crippen LogP contribution in [0.15, 0.2) is 60.7 Å². The van der Waals surface area contributed by atoms with Crippen LogP contribution in [0.3, 0.4) is 0 Å². The summed E-state index contributed by atoms with van der Waals surface area (Å²) in [5.41, 5.74) is 3.12. The van der Waals surface area contributed by atoms with Gasteiger partial charge in [0.05, 0.1) is 20.9 Å². The van der Waals surface area contributed by atoms with Crippen molar-refractivity contribution in [3.8, 4) is 17.3 Å². The lowest BCUT2D eigenvalue weighted by molar-refractivity contribution is -0.139. The van der Waals surface area contributed by atoms with Crippen LogP contribution in [0, 0.1) is 11.6 Å². The van der Waals surface area contributed by atoms with Gasteiger partial charge >= 0.3 is 13.3 Å². The molecule has 0 heterocycles. The number of halogens is 2. The number of Topliss-reactive ketones (excluding diaryl/α,β-unsaturated/α-hetero) is 1. The maximum Gasteiger partial charge on any atom is 0.326 e. The molecule has 3 rings (SSSR count). The maximum absolute atomic E-state index is 12.9. The van der Waals surface area contributed by atoms with Crippen molar-refractivity contribution in [2.75, 3.05) is 0 Å². The number of phenolic OH excluding ortho intramolecular Hbond substituents is 1. The minimum absolute atomic E-state index is 0.0678. The fraction of sp³-hybridized carbons (Fsp3) is 0.115. The van der Waals surface area contributed by atoms with Gasteiger partial charge in [-0.15, -0.1) is 0 Å². The van der Waals surface area contributed by atoms with E-state index in [4.69, 9.17) is 23.2 Å². The highest BCUT2D eigenvalue weighted by atomic mass is 35.5. The van der Waals surface area contributed by atoms with Gasteiger partial charge in [0.2, 0.25) is 0 Å². The Morgan fingerprint density at radius 2 is 1.68 bits per heavy atom. The molecule has 3 aromatic carbocycles. The van der Waals surface area contributed by atoms with Gasteiger partial charge in [-0.05, 0) is 54.5 Å². The predicted molar refractivity (Wildman–Crippen MR) is 140 cm³/mol. The lowest BCUT2D eigenvalue weighted by atomic mass is 10.0. The minimum Gasteiger partial charge on any atom is -0.508 e. The molecule has 2 atom stereocenters. The first kappa shape index (κ1) is 28.0. The fourth-order valence-electron chi connectivity index (χ4n) is 3.33. The largest absolute Gasteiger partial charge is 0.508 e. The molecule has 0 saturated heterocycles. The molecule has 0 fully saturated rings. The van der Waals surface area contributed by atoms with Crippen LogP contribution in [0.5, 0.6) is 5.75 Å². The molecule has 1 unspecified atom stereocenters. The monoisotopic (exact) mass is 559 g/mol. The van der Waals surface area contributed by atoms with Crippen molar-refractivity contribution in [1.29, 1.82) is 0 Å². The first-order chi connectivity index (χ1) is 17.4. The van der Waals surface area contributed by atoms with Crippen LogP contribution < -0.4 is 10.6 Å². The van der Waals surface area contributed by atoms with Gasteiger partial charge in [-0.1, -0.05) is 53.4 Å². The summed E-state index contributed by atoms with van der Waals surface area (Å²) in [4.78, 5) is 46.5. The normalized spacial score (nSPS) is 13.0. The molecule has 0 aliphatic heterocycles. The first-order valence-corrected chi connectivity index (χ1v) is 13.1. The fourth-order valence-corrected chi connectivity index (χ4v) is 5.00. The highest BCUT2D eigenvalue weighted by molar-refractivity contribution is 7.71. The van der Waals surface area contributed by atoms with Crippen LogP contribution in [0.2, 0.25) is 10.0 Å². The smallest absolute Gasteiger partial charge is 0.326 e. The summed E-state index contributed by atoms with van der Waals surface area (Å²) in [7, 11) is -4.14. The van der Waals surface area contributed by atoms with Crippen LogP contribution in [0.4, 0.5) is 0 Å². The molecule has 4 N–H and O–H groups in total. The Morgan fingerprint density at radius 3 is 2.27 bits per heavy atom. The Hall–Kier alpha value is -3.60. The van der Waals surface area contributed by atoms with Gasteiger partial charge in [0.1, 0.15) is 11.8 Å². The van der Waals surface area contributed by atoms with Crippen LogP contribution >= 0.6 is 30.6 Å². The number of hydrogen-bond acceptors (Lipinski definition) is 5. The number of aliphatic carboxylic acids is 1. The Balaban J connectivity index is 1.83. The van der Waals surface area contributed by atoms with E-state index in [9.17, 15) is 34.1 Å². The molecule has 0 aromatic heterocycles. The summed E-state index contributed by atoms with van der Waals surface area (Å²) in [6, 6.07) is 12.8. The molecule has 0 spiro atoms. The number of nitrogens with one attached hydrogen (secondary N) is 1. The lowest BCUT2D eigenvalue weighted by Crippen LogP contribution is -2.42. The van der Waals surface area contributed by atoms with Crippen molar-refractivity contribution in [3.05, 3.63) is 93.0 Å². The molecule has 8 nitrogen and oxygen atoms in total. The van der Waals surface area contributed by atoms with Crippen molar-refractivity contribution >= 4 is 53.5 Å². The van der Waals surface area contributed by atoms with Crippen LogP contribution in [0.25, 0.3) is 0 Å². The predicted octanol–water partition coefficient (Wildman–Crippen LogP) is 4.23. The molecule has 0 bridgehead atoms. The number of ketones is 1. The molecule has 1 amide bonds. The Bertz CT molecular complexity index is 1490. The second kappa shape index (κ2) is 11.6. The molecular formula is C26H20Cl2NO7P. The van der Waals surface area contributed by atoms with E-state index in [2.05, 4.69) is 16.9 Å². The van der Waals surface area contributed by atoms with Crippen LogP contribution in [-0.4, -0.2) is 38.8 Å². The number of phenols is 1. The molecular weight excluding hydrogens is 540 g/mol. The summed E-state index contributed by atoms with van der Waals surface area (Å²) < 4.78 is 12.5. The molecule has 0 radical (unpaired) electrons. The van der Waals surface area contributed by atoms with E-state index in [1.165, 1.54) is 37.3 Å². The Labute approximate surface area is 222 Å². The molecule has 0 saturated carbocycles. The van der Waals surface area contributed by atoms with E-state index in [1.54, 1.807) is 24.3 Å². The Morgan fingerprint density at radius 1 is 1.03 bits per heavy atom. The van der Waals surface area contributed by atoms with E-state index in [0.29, 0.717) is 11.1 Å². The summed E-state index contributed by atoms with van der Waals surface area (Å²) in [5.74, 6) is -0.0386. The van der Waals surface area contributed by atoms with E-state index in [0.717, 1.165) is 6.07 Å². The van der Waals surface area contributed by atoms with Gasteiger partial charge in [-0.3, -0.25) is 14.2 Å². The molecule has 11 heteroatoms. The average Bonchev–Trinajstić information content (AvgIpc) is 2.82. The lowest BCUT2D eigenvalue weighted by Gasteiger charge is -2.16. The van der Waals surface area contributed by atoms with Crippen LogP contribution in [0.1, 0.15) is 38.8 Å². The number of carboxylic acid groups (broad SMARTS) is 1. The second-order valence-corrected chi connectivity index (χ2v) is 10.7. The highest BCUT2D eigenvalue weighted by Crippen LogP contribution is 2.38. The zero-order valence-electron chi connectivity index (χ0n) is 19.2. The molecule has 37 heavy (non-hydrogen) atoms. The average molecular weight is 560 g/mol. The van der Waals surface area contributed by atoms with Crippen molar-refractivity contribution in [2.24, 2.45) is 0 Å². The second-order valence-electron chi connectivity index (χ2n) is 7.97. The first-order valence-electron chi connectivity index (χ1n) is 10.7. The van der Waals surface area contributed by atoms with Crippen molar-refractivity contribution in [2.45, 2.75) is 19.4 Å². The van der Waals surface area contributed by atoms with Crippen LogP contribution in [-0.2, 0) is 15.8 Å². The third-order valence-corrected chi connectivity index (χ3v) is 7.17. The number of benzene rings is 3. The van der Waals surface area contributed by atoms with Gasteiger partial charge < -0.3 is 20.4 Å². The van der Waals surface area contributed by atoms with Crippen molar-refractivity contribution in [3.63, 3.8) is 0 Å². The number of carbonyl (C=O) groups excluding carboxylic acids is 2. The molecule has 0 aliphatic rings. The third-order valence-electron chi connectivity index (χ3n) is 5.18. The third kappa shape index (κ3) is 7.22. The maximum atomic E-state index is 12.9. The van der Waals surface area contributed by atoms with E-state index < -0.39 is 25.3 Å². The zero-order chi connectivity index (χ0) is 27.3. The summed E-state index contributed by atoms with van der Waals surface area (Å²) in [6.45, 7) is 1.39. The SMILES string of the molecule is CC(=O)c1cccc(C[C@H](NC(=O)c2c(Cl)cc(C#CP(=O)(O)c3cccc(O)c3)cc2Cl)C(=O)O)c1. The summed E-state index contributed by atoms with van der Waals surface area (Å²) in [5, 5.41) is 21.2. The van der Waals surface area contributed by atoms with Crippen molar-refractivity contribution < 1.29 is 34.1 Å². The topological polar surface area (TPSA) is 141 Å². The van der Waals surface area contributed by atoms with E-state index >= 15 is 0 Å². The zero-order valence-corrected chi connectivity index (χ0v) is 21.6.